The Balaban J connectivity index is 1.62. The number of hydrogen-bond acceptors (Lipinski definition) is 4. The topological polar surface area (TPSA) is 54.9 Å². The summed E-state index contributed by atoms with van der Waals surface area (Å²) >= 11 is 1.41. The van der Waals surface area contributed by atoms with Crippen LogP contribution in [-0.2, 0) is 4.79 Å². The first-order valence-electron chi connectivity index (χ1n) is 8.64. The van der Waals surface area contributed by atoms with Gasteiger partial charge in [-0.25, -0.2) is 14.4 Å². The molecule has 0 bridgehead atoms. The first-order valence-corrected chi connectivity index (χ1v) is 9.62. The zero-order valence-corrected chi connectivity index (χ0v) is 15.1. The number of halogens is 1. The highest BCUT2D eigenvalue weighted by Gasteiger charge is 2.16. The standard InChI is InChI=1S/C19H22FN3OS/c1-13-11-18(23-19(21-13)14-7-9-15(20)10-8-14)25-12-17(24)22-16-5-3-2-4-6-16/h7-11,16H,2-6,12H2,1H3,(H,22,24). The lowest BCUT2D eigenvalue weighted by molar-refractivity contribution is -0.119. The third-order valence-corrected chi connectivity index (χ3v) is 5.17. The highest BCUT2D eigenvalue weighted by molar-refractivity contribution is 7.99. The van der Waals surface area contributed by atoms with Crippen molar-refractivity contribution < 1.29 is 9.18 Å². The molecular weight excluding hydrogens is 337 g/mol. The molecule has 25 heavy (non-hydrogen) atoms. The molecule has 1 aliphatic rings. The smallest absolute Gasteiger partial charge is 0.230 e. The van der Waals surface area contributed by atoms with E-state index in [2.05, 4.69) is 15.3 Å². The zero-order valence-electron chi connectivity index (χ0n) is 14.3. The maximum Gasteiger partial charge on any atom is 0.230 e. The summed E-state index contributed by atoms with van der Waals surface area (Å²) in [6, 6.07) is 8.30. The number of nitrogens with zero attached hydrogens (tertiary/aromatic N) is 2. The van der Waals surface area contributed by atoms with Gasteiger partial charge in [-0.1, -0.05) is 31.0 Å². The average molecular weight is 359 g/mol. The number of rotatable bonds is 5. The first-order chi connectivity index (χ1) is 12.1. The van der Waals surface area contributed by atoms with Crippen LogP contribution >= 0.6 is 11.8 Å². The van der Waals surface area contributed by atoms with Gasteiger partial charge < -0.3 is 5.32 Å². The van der Waals surface area contributed by atoms with Gasteiger partial charge in [0, 0.05) is 17.3 Å². The van der Waals surface area contributed by atoms with Gasteiger partial charge >= 0.3 is 0 Å². The summed E-state index contributed by atoms with van der Waals surface area (Å²) in [5, 5.41) is 3.87. The van der Waals surface area contributed by atoms with Gasteiger partial charge in [-0.3, -0.25) is 4.79 Å². The molecule has 1 N–H and O–H groups in total. The predicted molar refractivity (Wildman–Crippen MR) is 97.9 cm³/mol. The van der Waals surface area contributed by atoms with Crippen LogP contribution in [0.15, 0.2) is 35.4 Å². The van der Waals surface area contributed by atoms with Crippen LogP contribution in [0.4, 0.5) is 4.39 Å². The minimum atomic E-state index is -0.287. The molecule has 1 amide bonds. The highest BCUT2D eigenvalue weighted by Crippen LogP contribution is 2.22. The fourth-order valence-corrected chi connectivity index (χ4v) is 3.76. The van der Waals surface area contributed by atoms with E-state index in [1.54, 1.807) is 12.1 Å². The second-order valence-corrected chi connectivity index (χ2v) is 7.36. The van der Waals surface area contributed by atoms with Crippen molar-refractivity contribution >= 4 is 17.7 Å². The van der Waals surface area contributed by atoms with E-state index in [9.17, 15) is 9.18 Å². The second-order valence-electron chi connectivity index (χ2n) is 6.37. The van der Waals surface area contributed by atoms with Crippen LogP contribution in [0.3, 0.4) is 0 Å². The largest absolute Gasteiger partial charge is 0.353 e. The van der Waals surface area contributed by atoms with E-state index < -0.39 is 0 Å². The van der Waals surface area contributed by atoms with Gasteiger partial charge in [-0.2, -0.15) is 0 Å². The predicted octanol–water partition coefficient (Wildman–Crippen LogP) is 4.13. The van der Waals surface area contributed by atoms with Crippen LogP contribution in [0.2, 0.25) is 0 Å². The van der Waals surface area contributed by atoms with Crippen LogP contribution in [-0.4, -0.2) is 27.7 Å². The Morgan fingerprint density at radius 3 is 2.64 bits per heavy atom. The molecule has 0 unspecified atom stereocenters. The van der Waals surface area contributed by atoms with Crippen LogP contribution in [0.25, 0.3) is 11.4 Å². The lowest BCUT2D eigenvalue weighted by Gasteiger charge is -2.22. The van der Waals surface area contributed by atoms with Gasteiger partial charge in [-0.15, -0.1) is 0 Å². The maximum absolute atomic E-state index is 13.1. The molecule has 2 aromatic rings. The Labute approximate surface area is 151 Å². The van der Waals surface area contributed by atoms with Crippen LogP contribution < -0.4 is 5.32 Å². The summed E-state index contributed by atoms with van der Waals surface area (Å²) in [5.41, 5.74) is 1.59. The fraction of sp³-hybridized carbons (Fsp3) is 0.421. The van der Waals surface area contributed by atoms with Gasteiger partial charge in [0.15, 0.2) is 5.82 Å². The van der Waals surface area contributed by atoms with Gasteiger partial charge in [0.05, 0.1) is 5.75 Å². The SMILES string of the molecule is Cc1cc(SCC(=O)NC2CCCCC2)nc(-c2ccc(F)cc2)n1. The van der Waals surface area contributed by atoms with E-state index in [1.807, 2.05) is 13.0 Å². The molecule has 1 heterocycles. The van der Waals surface area contributed by atoms with Gasteiger partial charge in [0.25, 0.3) is 0 Å². The van der Waals surface area contributed by atoms with Crippen molar-refractivity contribution in [2.45, 2.75) is 50.1 Å². The number of carbonyl (C=O) groups excluding carboxylic acids is 1. The van der Waals surface area contributed by atoms with Crippen molar-refractivity contribution in [3.05, 3.63) is 41.8 Å². The van der Waals surface area contributed by atoms with Crippen LogP contribution in [0.1, 0.15) is 37.8 Å². The van der Waals surface area contributed by atoms with Crippen LogP contribution in [0, 0.1) is 12.7 Å². The molecule has 1 aromatic carbocycles. The Morgan fingerprint density at radius 1 is 1.20 bits per heavy atom. The monoisotopic (exact) mass is 359 g/mol. The van der Waals surface area contributed by atoms with Crippen LogP contribution in [0.5, 0.6) is 0 Å². The fourth-order valence-electron chi connectivity index (χ4n) is 3.00. The van der Waals surface area contributed by atoms with E-state index >= 15 is 0 Å². The number of carbonyl (C=O) groups is 1. The Morgan fingerprint density at radius 2 is 1.92 bits per heavy atom. The number of hydrogen-bond donors (Lipinski definition) is 1. The zero-order chi connectivity index (χ0) is 17.6. The van der Waals surface area contributed by atoms with E-state index in [1.165, 1.54) is 43.2 Å². The summed E-state index contributed by atoms with van der Waals surface area (Å²) in [6.45, 7) is 1.89. The van der Waals surface area contributed by atoms with Gasteiger partial charge in [0.1, 0.15) is 10.8 Å². The van der Waals surface area contributed by atoms with Crippen molar-refractivity contribution in [3.8, 4) is 11.4 Å². The summed E-state index contributed by atoms with van der Waals surface area (Å²) in [5.74, 6) is 0.660. The lowest BCUT2D eigenvalue weighted by Crippen LogP contribution is -2.37. The average Bonchev–Trinajstić information content (AvgIpc) is 2.61. The Hall–Kier alpha value is -1.95. The molecule has 0 atom stereocenters. The second kappa shape index (κ2) is 8.43. The summed E-state index contributed by atoms with van der Waals surface area (Å²) < 4.78 is 13.1. The van der Waals surface area contributed by atoms with Crippen molar-refractivity contribution in [3.63, 3.8) is 0 Å². The van der Waals surface area contributed by atoms with Gasteiger partial charge in [0.2, 0.25) is 5.91 Å². The summed E-state index contributed by atoms with van der Waals surface area (Å²) in [6.07, 6.45) is 5.83. The number of amides is 1. The normalized spacial score (nSPS) is 15.1. The molecule has 1 fully saturated rings. The number of aryl methyl sites for hydroxylation is 1. The number of nitrogens with one attached hydrogen (secondary N) is 1. The van der Waals surface area contributed by atoms with E-state index in [-0.39, 0.29) is 11.7 Å². The highest BCUT2D eigenvalue weighted by atomic mass is 32.2. The summed E-state index contributed by atoms with van der Waals surface area (Å²) in [7, 11) is 0. The number of aromatic nitrogens is 2. The van der Waals surface area contributed by atoms with Crippen molar-refractivity contribution in [1.82, 2.24) is 15.3 Å². The summed E-state index contributed by atoms with van der Waals surface area (Å²) in [4.78, 5) is 21.1. The Bertz CT molecular complexity index is 730. The molecule has 0 radical (unpaired) electrons. The molecule has 0 spiro atoms. The number of benzene rings is 1. The minimum absolute atomic E-state index is 0.0523. The lowest BCUT2D eigenvalue weighted by atomic mass is 9.95. The van der Waals surface area contributed by atoms with Crippen molar-refractivity contribution in [2.24, 2.45) is 0 Å². The molecule has 4 nitrogen and oxygen atoms in total. The molecule has 0 saturated heterocycles. The molecule has 132 valence electrons. The quantitative estimate of drug-likeness (QED) is 0.644. The first kappa shape index (κ1) is 17.9. The maximum atomic E-state index is 13.1. The minimum Gasteiger partial charge on any atom is -0.353 e. The Kier molecular flexibility index (Phi) is 6.02. The molecule has 3 rings (SSSR count). The van der Waals surface area contributed by atoms with E-state index in [4.69, 9.17) is 0 Å². The third-order valence-electron chi connectivity index (χ3n) is 4.25. The molecule has 6 heteroatoms. The van der Waals surface area contributed by atoms with Crippen molar-refractivity contribution in [2.75, 3.05) is 5.75 Å². The molecule has 1 aromatic heterocycles. The number of thioether (sulfide) groups is 1. The third kappa shape index (κ3) is 5.26. The molecular formula is C19H22FN3OS. The molecule has 1 saturated carbocycles. The van der Waals surface area contributed by atoms with E-state index in [0.717, 1.165) is 29.1 Å². The molecule has 0 aliphatic heterocycles. The van der Waals surface area contributed by atoms with Crippen molar-refractivity contribution in [1.29, 1.82) is 0 Å². The van der Waals surface area contributed by atoms with E-state index in [0.29, 0.717) is 17.6 Å². The molecule has 1 aliphatic carbocycles. The van der Waals surface area contributed by atoms with Gasteiger partial charge in [-0.05, 0) is 50.1 Å².